The largest absolute Gasteiger partial charge is 0.0826 e. The molecular weight excluding hydrogens is 247 g/mol. The van der Waals surface area contributed by atoms with Crippen LogP contribution in [0.5, 0.6) is 0 Å². The van der Waals surface area contributed by atoms with Crippen molar-refractivity contribution >= 4 is 22.6 Å². The van der Waals surface area contributed by atoms with Crippen LogP contribution in [0.4, 0.5) is 0 Å². The minimum absolute atomic E-state index is 0.998. The summed E-state index contributed by atoms with van der Waals surface area (Å²) in [4.78, 5) is 0. The van der Waals surface area contributed by atoms with Crippen molar-refractivity contribution in [3.63, 3.8) is 0 Å². The van der Waals surface area contributed by atoms with Crippen LogP contribution in [0.25, 0.3) is 0 Å². The van der Waals surface area contributed by atoms with Gasteiger partial charge in [-0.3, -0.25) is 0 Å². The van der Waals surface area contributed by atoms with Gasteiger partial charge in [0.05, 0.1) is 0 Å². The monoisotopic (exact) mass is 264 g/mol. The highest BCUT2D eigenvalue weighted by molar-refractivity contribution is 14.1. The van der Waals surface area contributed by atoms with Crippen molar-refractivity contribution in [2.45, 2.75) is 48.9 Å². The van der Waals surface area contributed by atoms with Gasteiger partial charge in [-0.25, -0.2) is 0 Å². The molecule has 0 amide bonds. The first kappa shape index (κ1) is 8.33. The molecule has 1 heteroatoms. The first-order valence-corrected chi connectivity index (χ1v) is 6.25. The van der Waals surface area contributed by atoms with Gasteiger partial charge in [0, 0.05) is 3.92 Å². The molecule has 64 valence electrons. The van der Waals surface area contributed by atoms with Crippen LogP contribution in [0.1, 0.15) is 44.9 Å². The second kappa shape index (κ2) is 3.63. The van der Waals surface area contributed by atoms with E-state index < -0.39 is 0 Å². The summed E-state index contributed by atoms with van der Waals surface area (Å²) < 4.78 is 0.998. The minimum Gasteiger partial charge on any atom is -0.0826 e. The summed E-state index contributed by atoms with van der Waals surface area (Å²) in [6.07, 6.45) is 10.7. The maximum atomic E-state index is 2.64. The number of hydrogen-bond donors (Lipinski definition) is 0. The average Bonchev–Trinajstić information content (AvgIpc) is 2.38. The zero-order valence-corrected chi connectivity index (χ0v) is 9.22. The van der Waals surface area contributed by atoms with Crippen LogP contribution in [-0.4, -0.2) is 3.92 Å². The number of hydrogen-bond acceptors (Lipinski definition) is 0. The number of rotatable bonds is 0. The van der Waals surface area contributed by atoms with Gasteiger partial charge in [-0.05, 0) is 37.5 Å². The normalized spacial score (nSPS) is 45.0. The number of halogens is 1. The van der Waals surface area contributed by atoms with Crippen LogP contribution >= 0.6 is 22.6 Å². The predicted octanol–water partition coefficient (Wildman–Crippen LogP) is 3.78. The van der Waals surface area contributed by atoms with E-state index in [0.29, 0.717) is 0 Å². The lowest BCUT2D eigenvalue weighted by atomic mass is 9.92. The average molecular weight is 264 g/mol. The highest BCUT2D eigenvalue weighted by atomic mass is 127. The Morgan fingerprint density at radius 3 is 1.82 bits per heavy atom. The highest BCUT2D eigenvalue weighted by Crippen LogP contribution is 2.42. The molecule has 2 unspecified atom stereocenters. The molecule has 0 spiro atoms. The summed E-state index contributed by atoms with van der Waals surface area (Å²) in [5.74, 6) is 2.27. The fourth-order valence-electron chi connectivity index (χ4n) is 2.81. The van der Waals surface area contributed by atoms with E-state index in [4.69, 9.17) is 0 Å². The van der Waals surface area contributed by atoms with Crippen LogP contribution in [0.15, 0.2) is 0 Å². The molecule has 2 aliphatic carbocycles. The Bertz CT molecular complexity index is 119. The zero-order valence-electron chi connectivity index (χ0n) is 7.06. The standard InChI is InChI=1S/C10H17I/c11-10-6-4-8-2-1-3-9(8)5-7-10/h8-10H,1-7H2. The molecule has 2 aliphatic rings. The van der Waals surface area contributed by atoms with Gasteiger partial charge < -0.3 is 0 Å². The first-order chi connectivity index (χ1) is 5.36. The van der Waals surface area contributed by atoms with Gasteiger partial charge in [0.25, 0.3) is 0 Å². The van der Waals surface area contributed by atoms with Gasteiger partial charge >= 0.3 is 0 Å². The van der Waals surface area contributed by atoms with Crippen molar-refractivity contribution in [2.75, 3.05) is 0 Å². The summed E-state index contributed by atoms with van der Waals surface area (Å²) in [5, 5.41) is 0. The summed E-state index contributed by atoms with van der Waals surface area (Å²) >= 11 is 2.64. The molecule has 0 aromatic heterocycles. The molecule has 0 saturated heterocycles. The van der Waals surface area contributed by atoms with Gasteiger partial charge in [0.1, 0.15) is 0 Å². The van der Waals surface area contributed by atoms with Crippen LogP contribution in [0.3, 0.4) is 0 Å². The molecule has 2 fully saturated rings. The smallest absolute Gasteiger partial charge is 0.0110 e. The third kappa shape index (κ3) is 1.90. The lowest BCUT2D eigenvalue weighted by Gasteiger charge is -2.14. The van der Waals surface area contributed by atoms with E-state index in [0.717, 1.165) is 15.8 Å². The molecule has 2 rings (SSSR count). The minimum atomic E-state index is 0.998. The Balaban J connectivity index is 1.95. The molecule has 0 aromatic rings. The lowest BCUT2D eigenvalue weighted by Crippen LogP contribution is -2.04. The van der Waals surface area contributed by atoms with Gasteiger partial charge in [0.2, 0.25) is 0 Å². The molecule has 0 N–H and O–H groups in total. The van der Waals surface area contributed by atoms with Crippen LogP contribution in [-0.2, 0) is 0 Å². The third-order valence-electron chi connectivity index (χ3n) is 3.52. The molecule has 0 aliphatic heterocycles. The molecule has 0 aromatic carbocycles. The molecule has 0 radical (unpaired) electrons. The van der Waals surface area contributed by atoms with Gasteiger partial charge in [-0.2, -0.15) is 0 Å². The van der Waals surface area contributed by atoms with E-state index in [1.807, 2.05) is 0 Å². The Hall–Kier alpha value is 0.730. The molecule has 2 atom stereocenters. The third-order valence-corrected chi connectivity index (χ3v) is 4.76. The quantitative estimate of drug-likeness (QED) is 0.461. The maximum Gasteiger partial charge on any atom is 0.0110 e. The fraction of sp³-hybridized carbons (Fsp3) is 1.00. The summed E-state index contributed by atoms with van der Waals surface area (Å²) in [6, 6.07) is 0. The van der Waals surface area contributed by atoms with E-state index in [-0.39, 0.29) is 0 Å². The zero-order chi connectivity index (χ0) is 7.68. The van der Waals surface area contributed by atoms with E-state index in [1.165, 1.54) is 32.1 Å². The Labute approximate surface area is 83.3 Å². The molecule has 2 saturated carbocycles. The van der Waals surface area contributed by atoms with Crippen LogP contribution in [0, 0.1) is 11.8 Å². The molecule has 0 bridgehead atoms. The SMILES string of the molecule is IC1CCC2CCCC2CC1. The highest BCUT2D eigenvalue weighted by Gasteiger charge is 2.29. The maximum absolute atomic E-state index is 2.64. The summed E-state index contributed by atoms with van der Waals surface area (Å²) in [7, 11) is 0. The van der Waals surface area contributed by atoms with E-state index in [9.17, 15) is 0 Å². The Morgan fingerprint density at radius 1 is 0.727 bits per heavy atom. The molecule has 11 heavy (non-hydrogen) atoms. The van der Waals surface area contributed by atoms with Gasteiger partial charge in [-0.15, -0.1) is 0 Å². The van der Waals surface area contributed by atoms with Crippen LogP contribution < -0.4 is 0 Å². The van der Waals surface area contributed by atoms with Crippen molar-refractivity contribution in [3.05, 3.63) is 0 Å². The topological polar surface area (TPSA) is 0 Å². The number of fused-ring (bicyclic) bond motifs is 1. The van der Waals surface area contributed by atoms with Crippen molar-refractivity contribution in [1.29, 1.82) is 0 Å². The van der Waals surface area contributed by atoms with E-state index in [1.54, 1.807) is 12.8 Å². The van der Waals surface area contributed by atoms with Crippen molar-refractivity contribution in [2.24, 2.45) is 11.8 Å². The van der Waals surface area contributed by atoms with E-state index in [2.05, 4.69) is 22.6 Å². The Kier molecular flexibility index (Phi) is 2.75. The van der Waals surface area contributed by atoms with Crippen LogP contribution in [0.2, 0.25) is 0 Å². The first-order valence-electron chi connectivity index (χ1n) is 5.00. The summed E-state index contributed by atoms with van der Waals surface area (Å²) in [6.45, 7) is 0. The predicted molar refractivity (Wildman–Crippen MR) is 57.1 cm³/mol. The Morgan fingerprint density at radius 2 is 1.27 bits per heavy atom. The summed E-state index contributed by atoms with van der Waals surface area (Å²) in [5.41, 5.74) is 0. The molecular formula is C10H17I. The molecule has 0 heterocycles. The van der Waals surface area contributed by atoms with Crippen molar-refractivity contribution in [1.82, 2.24) is 0 Å². The number of alkyl halides is 1. The second-order valence-electron chi connectivity index (χ2n) is 4.20. The lowest BCUT2D eigenvalue weighted by molar-refractivity contribution is 0.367. The molecule has 0 nitrogen and oxygen atoms in total. The van der Waals surface area contributed by atoms with Crippen molar-refractivity contribution < 1.29 is 0 Å². The van der Waals surface area contributed by atoms with E-state index >= 15 is 0 Å². The second-order valence-corrected chi connectivity index (χ2v) is 5.96. The van der Waals surface area contributed by atoms with Gasteiger partial charge in [-0.1, -0.05) is 41.9 Å². The van der Waals surface area contributed by atoms with Crippen molar-refractivity contribution in [3.8, 4) is 0 Å². The van der Waals surface area contributed by atoms with Gasteiger partial charge in [0.15, 0.2) is 0 Å². The fourth-order valence-corrected chi connectivity index (χ4v) is 3.53.